The van der Waals surface area contributed by atoms with Gasteiger partial charge in [0, 0.05) is 0 Å². The number of aliphatic hydroxyl groups is 2. The zero-order valence-electron chi connectivity index (χ0n) is 19.7. The van der Waals surface area contributed by atoms with Crippen LogP contribution < -0.4 is 0 Å². The van der Waals surface area contributed by atoms with E-state index in [4.69, 9.17) is 0 Å². The first-order valence-corrected chi connectivity index (χ1v) is 12.8. The molecule has 0 aliphatic heterocycles. The first-order valence-electron chi connectivity index (χ1n) is 12.8. The summed E-state index contributed by atoms with van der Waals surface area (Å²) >= 11 is 0. The van der Waals surface area contributed by atoms with Crippen molar-refractivity contribution in [1.29, 1.82) is 0 Å². The Morgan fingerprint density at radius 3 is 2.41 bits per heavy atom. The second-order valence-electron chi connectivity index (χ2n) is 12.2. The SMILES string of the molecule is CC(C)CCC[C@@H](C)[C@H]1CC(O)C2=C3C(O)C[C@H]4CCCC[C@]4(C)[C@H]3CC[C@@]21C. The molecule has 4 rings (SSSR count). The topological polar surface area (TPSA) is 40.5 Å². The van der Waals surface area contributed by atoms with E-state index in [1.807, 2.05) is 0 Å². The number of aliphatic hydroxyl groups excluding tert-OH is 2. The summed E-state index contributed by atoms with van der Waals surface area (Å²) in [6, 6.07) is 0. The van der Waals surface area contributed by atoms with Crippen LogP contribution in [0.2, 0.25) is 0 Å². The smallest absolute Gasteiger partial charge is 0.0762 e. The highest BCUT2D eigenvalue weighted by molar-refractivity contribution is 5.39. The molecule has 29 heavy (non-hydrogen) atoms. The number of fused-ring (bicyclic) bond motifs is 4. The molecule has 0 bridgehead atoms. The number of hydrogen-bond acceptors (Lipinski definition) is 2. The molecule has 0 aromatic heterocycles. The van der Waals surface area contributed by atoms with Gasteiger partial charge in [0.25, 0.3) is 0 Å². The standard InChI is InChI=1S/C27H46O2/c1-17(2)9-8-10-18(3)21-16-23(29)25-24-20(12-14-27(21,25)5)26(4)13-7-6-11-19(26)15-22(24)28/h17-23,28-29H,6-16H2,1-5H3/t18-,19-,20+,21-,22?,23?,26+,27-/m1/s1. The van der Waals surface area contributed by atoms with Crippen molar-refractivity contribution in [1.82, 2.24) is 0 Å². The lowest BCUT2D eigenvalue weighted by molar-refractivity contribution is -0.0343. The highest BCUT2D eigenvalue weighted by atomic mass is 16.3. The van der Waals surface area contributed by atoms with Gasteiger partial charge >= 0.3 is 0 Å². The molecule has 4 aliphatic rings. The van der Waals surface area contributed by atoms with E-state index in [0.29, 0.717) is 29.1 Å². The molecule has 4 aliphatic carbocycles. The van der Waals surface area contributed by atoms with Gasteiger partial charge in [-0.3, -0.25) is 0 Å². The molecule has 2 N–H and O–H groups in total. The Balaban J connectivity index is 1.64. The maximum absolute atomic E-state index is 11.3. The molecule has 0 saturated heterocycles. The summed E-state index contributed by atoms with van der Waals surface area (Å²) in [7, 11) is 0. The van der Waals surface area contributed by atoms with E-state index in [1.165, 1.54) is 68.9 Å². The first-order chi connectivity index (χ1) is 13.7. The highest BCUT2D eigenvalue weighted by Gasteiger charge is 2.59. The van der Waals surface area contributed by atoms with Crippen LogP contribution in [0.4, 0.5) is 0 Å². The summed E-state index contributed by atoms with van der Waals surface area (Å²) in [5.74, 6) is 3.18. The summed E-state index contributed by atoms with van der Waals surface area (Å²) in [5.41, 5.74) is 3.05. The Kier molecular flexibility index (Phi) is 6.01. The molecular weight excluding hydrogens is 356 g/mol. The zero-order chi connectivity index (χ0) is 21.0. The Morgan fingerprint density at radius 2 is 1.69 bits per heavy atom. The quantitative estimate of drug-likeness (QED) is 0.515. The summed E-state index contributed by atoms with van der Waals surface area (Å²) in [6.07, 6.45) is 12.8. The Bertz CT molecular complexity index is 636. The molecule has 3 fully saturated rings. The Morgan fingerprint density at radius 1 is 0.931 bits per heavy atom. The van der Waals surface area contributed by atoms with Gasteiger partial charge in [0.2, 0.25) is 0 Å². The summed E-state index contributed by atoms with van der Waals surface area (Å²) < 4.78 is 0. The minimum Gasteiger partial charge on any atom is -0.389 e. The van der Waals surface area contributed by atoms with Gasteiger partial charge < -0.3 is 10.2 Å². The molecule has 166 valence electrons. The third kappa shape index (κ3) is 3.55. The van der Waals surface area contributed by atoms with Crippen LogP contribution in [0.15, 0.2) is 11.1 Å². The third-order valence-corrected chi connectivity index (χ3v) is 10.1. The van der Waals surface area contributed by atoms with Crippen LogP contribution in [0.25, 0.3) is 0 Å². The van der Waals surface area contributed by atoms with Gasteiger partial charge in [-0.05, 0) is 90.1 Å². The van der Waals surface area contributed by atoms with Gasteiger partial charge in [0.15, 0.2) is 0 Å². The average molecular weight is 403 g/mol. The molecule has 0 heterocycles. The van der Waals surface area contributed by atoms with E-state index in [-0.39, 0.29) is 17.6 Å². The van der Waals surface area contributed by atoms with Gasteiger partial charge in [-0.25, -0.2) is 0 Å². The van der Waals surface area contributed by atoms with Crippen LogP contribution in [0.3, 0.4) is 0 Å². The van der Waals surface area contributed by atoms with Crippen LogP contribution in [0.1, 0.15) is 105 Å². The Hall–Kier alpha value is -0.340. The van der Waals surface area contributed by atoms with E-state index >= 15 is 0 Å². The Labute approximate surface area is 179 Å². The number of rotatable bonds is 5. The molecule has 2 heteroatoms. The molecule has 2 unspecified atom stereocenters. The summed E-state index contributed by atoms with van der Waals surface area (Å²) in [4.78, 5) is 0. The fraction of sp³-hybridized carbons (Fsp3) is 0.926. The fourth-order valence-corrected chi connectivity index (χ4v) is 8.51. The third-order valence-electron chi connectivity index (χ3n) is 10.1. The molecule has 0 radical (unpaired) electrons. The molecule has 0 aromatic rings. The van der Waals surface area contributed by atoms with E-state index in [0.717, 1.165) is 18.8 Å². The number of hydrogen-bond donors (Lipinski definition) is 2. The molecule has 0 spiro atoms. The molecular formula is C27H46O2. The van der Waals surface area contributed by atoms with Crippen molar-refractivity contribution in [2.45, 2.75) is 117 Å². The molecule has 0 amide bonds. The van der Waals surface area contributed by atoms with Gasteiger partial charge in [-0.1, -0.05) is 66.7 Å². The first kappa shape index (κ1) is 21.9. The van der Waals surface area contributed by atoms with Crippen molar-refractivity contribution in [3.63, 3.8) is 0 Å². The van der Waals surface area contributed by atoms with Crippen LogP contribution in [-0.4, -0.2) is 22.4 Å². The lowest BCUT2D eigenvalue weighted by Crippen LogP contribution is -2.51. The molecule has 2 nitrogen and oxygen atoms in total. The molecule has 8 atom stereocenters. The summed E-state index contributed by atoms with van der Waals surface area (Å²) in [6.45, 7) is 12.0. The maximum Gasteiger partial charge on any atom is 0.0762 e. The molecule has 0 aromatic carbocycles. The minimum absolute atomic E-state index is 0.0986. The van der Waals surface area contributed by atoms with Crippen molar-refractivity contribution in [3.8, 4) is 0 Å². The average Bonchev–Trinajstić information content (AvgIpc) is 2.93. The van der Waals surface area contributed by atoms with Crippen LogP contribution in [0, 0.1) is 40.4 Å². The van der Waals surface area contributed by atoms with Crippen molar-refractivity contribution >= 4 is 0 Å². The van der Waals surface area contributed by atoms with E-state index in [2.05, 4.69) is 34.6 Å². The predicted molar refractivity (Wildman–Crippen MR) is 121 cm³/mol. The highest BCUT2D eigenvalue weighted by Crippen LogP contribution is 2.65. The fourth-order valence-electron chi connectivity index (χ4n) is 8.51. The van der Waals surface area contributed by atoms with Crippen LogP contribution in [0.5, 0.6) is 0 Å². The van der Waals surface area contributed by atoms with E-state index in [9.17, 15) is 10.2 Å². The normalized spacial score (nSPS) is 45.7. The van der Waals surface area contributed by atoms with Crippen molar-refractivity contribution in [2.75, 3.05) is 0 Å². The van der Waals surface area contributed by atoms with Crippen molar-refractivity contribution in [3.05, 3.63) is 11.1 Å². The van der Waals surface area contributed by atoms with Gasteiger partial charge in [-0.15, -0.1) is 0 Å². The monoisotopic (exact) mass is 402 g/mol. The van der Waals surface area contributed by atoms with E-state index < -0.39 is 0 Å². The summed E-state index contributed by atoms with van der Waals surface area (Å²) in [5, 5.41) is 22.6. The van der Waals surface area contributed by atoms with Gasteiger partial charge in [-0.2, -0.15) is 0 Å². The van der Waals surface area contributed by atoms with Crippen molar-refractivity contribution in [2.24, 2.45) is 40.4 Å². The van der Waals surface area contributed by atoms with Gasteiger partial charge in [0.05, 0.1) is 12.2 Å². The van der Waals surface area contributed by atoms with Gasteiger partial charge in [0.1, 0.15) is 0 Å². The molecule has 3 saturated carbocycles. The van der Waals surface area contributed by atoms with E-state index in [1.54, 1.807) is 0 Å². The minimum atomic E-state index is -0.325. The second-order valence-corrected chi connectivity index (χ2v) is 12.2. The van der Waals surface area contributed by atoms with Crippen LogP contribution in [-0.2, 0) is 0 Å². The second kappa shape index (κ2) is 7.97. The zero-order valence-corrected chi connectivity index (χ0v) is 19.7. The predicted octanol–water partition coefficient (Wildman–Crippen LogP) is 6.50. The van der Waals surface area contributed by atoms with Crippen molar-refractivity contribution < 1.29 is 10.2 Å². The lowest BCUT2D eigenvalue weighted by atomic mass is 9.48. The largest absolute Gasteiger partial charge is 0.389 e. The maximum atomic E-state index is 11.3. The van der Waals surface area contributed by atoms with Crippen LogP contribution >= 0.6 is 0 Å². The lowest BCUT2D eigenvalue weighted by Gasteiger charge is -2.57.